The van der Waals surface area contributed by atoms with Gasteiger partial charge in [-0.2, -0.15) is 0 Å². The van der Waals surface area contributed by atoms with E-state index in [1.165, 1.54) is 11.5 Å². The van der Waals surface area contributed by atoms with Gasteiger partial charge in [-0.25, -0.2) is 4.79 Å². The molecule has 0 radical (unpaired) electrons. The molecule has 2 heterocycles. The molecule has 1 N–H and O–H groups in total. The van der Waals surface area contributed by atoms with Gasteiger partial charge in [-0.15, -0.1) is 10.2 Å². The van der Waals surface area contributed by atoms with Crippen LogP contribution in [-0.4, -0.2) is 32.4 Å². The van der Waals surface area contributed by atoms with Crippen LogP contribution in [-0.2, 0) is 28.6 Å². The van der Waals surface area contributed by atoms with Crippen molar-refractivity contribution in [3.05, 3.63) is 50.6 Å². The molecule has 0 saturated heterocycles. The molecule has 0 aromatic carbocycles. The molecular formula is C20H21N3O5. The summed E-state index contributed by atoms with van der Waals surface area (Å²) in [5.74, 6) is 5.37. The second-order valence-corrected chi connectivity index (χ2v) is 6.81. The fourth-order valence-corrected chi connectivity index (χ4v) is 3.13. The molecule has 0 bridgehead atoms. The Morgan fingerprint density at radius 3 is 2.75 bits per heavy atom. The molecule has 0 aliphatic heterocycles. The third-order valence-corrected chi connectivity index (χ3v) is 4.45. The Bertz CT molecular complexity index is 1110. The van der Waals surface area contributed by atoms with Crippen LogP contribution >= 0.6 is 0 Å². The first kappa shape index (κ1) is 19.6. The van der Waals surface area contributed by atoms with E-state index in [0.717, 1.165) is 5.57 Å². The molecule has 0 saturated carbocycles. The topological polar surface area (TPSA) is 107 Å². The number of esters is 1. The van der Waals surface area contributed by atoms with Crippen molar-refractivity contribution >= 4 is 11.5 Å². The normalized spacial score (nSPS) is 14.9. The first-order chi connectivity index (χ1) is 13.2. The van der Waals surface area contributed by atoms with Crippen LogP contribution in [0.1, 0.15) is 49.2 Å². The number of allylic oxidation sites excluding steroid dienone is 1. The van der Waals surface area contributed by atoms with Crippen molar-refractivity contribution in [2.75, 3.05) is 6.61 Å². The molecule has 28 heavy (non-hydrogen) atoms. The van der Waals surface area contributed by atoms with E-state index in [1.54, 1.807) is 34.0 Å². The molecule has 3 rings (SSSR count). The fourth-order valence-electron chi connectivity index (χ4n) is 3.13. The van der Waals surface area contributed by atoms with Gasteiger partial charge >= 0.3 is 5.97 Å². The molecule has 8 nitrogen and oxygen atoms in total. The van der Waals surface area contributed by atoms with E-state index in [4.69, 9.17) is 9.15 Å². The Morgan fingerprint density at radius 2 is 2.14 bits per heavy atom. The summed E-state index contributed by atoms with van der Waals surface area (Å²) in [6.45, 7) is 6.78. The summed E-state index contributed by atoms with van der Waals surface area (Å²) in [7, 11) is 1.62. The van der Waals surface area contributed by atoms with E-state index in [2.05, 4.69) is 22.0 Å². The number of hydrogen-bond acceptors (Lipinski definition) is 7. The van der Waals surface area contributed by atoms with E-state index in [1.807, 2.05) is 0 Å². The van der Waals surface area contributed by atoms with E-state index < -0.39 is 11.6 Å². The molecule has 0 amide bonds. The van der Waals surface area contributed by atoms with Gasteiger partial charge < -0.3 is 18.8 Å². The lowest BCUT2D eigenvalue weighted by molar-refractivity contribution is -0.136. The van der Waals surface area contributed by atoms with Crippen LogP contribution in [0.5, 0.6) is 0 Å². The largest absolute Gasteiger partial charge is 0.462 e. The van der Waals surface area contributed by atoms with E-state index in [9.17, 15) is 14.7 Å². The number of rotatable bonds is 3. The van der Waals surface area contributed by atoms with Crippen molar-refractivity contribution in [1.29, 1.82) is 0 Å². The van der Waals surface area contributed by atoms with Crippen molar-refractivity contribution in [3.63, 3.8) is 0 Å². The minimum absolute atomic E-state index is 0.0312. The van der Waals surface area contributed by atoms with Crippen molar-refractivity contribution in [1.82, 2.24) is 14.8 Å². The smallest absolute Gasteiger partial charge is 0.338 e. The lowest BCUT2D eigenvalue weighted by atomic mass is 9.99. The second-order valence-electron chi connectivity index (χ2n) is 6.81. The molecule has 2 aromatic heterocycles. The maximum Gasteiger partial charge on any atom is 0.338 e. The molecule has 1 aliphatic carbocycles. The van der Waals surface area contributed by atoms with Crippen LogP contribution in [0.3, 0.4) is 0 Å². The van der Waals surface area contributed by atoms with Crippen molar-refractivity contribution in [3.8, 4) is 11.8 Å². The van der Waals surface area contributed by atoms with Gasteiger partial charge in [0, 0.05) is 43.3 Å². The first-order valence-corrected chi connectivity index (χ1v) is 8.81. The van der Waals surface area contributed by atoms with Gasteiger partial charge in [-0.1, -0.05) is 17.4 Å². The summed E-state index contributed by atoms with van der Waals surface area (Å²) >= 11 is 0. The highest BCUT2D eigenvalue weighted by Crippen LogP contribution is 2.34. The number of nitrogens with zero attached hydrogens (tertiary/aromatic N) is 3. The lowest BCUT2D eigenvalue weighted by Crippen LogP contribution is -2.23. The first-order valence-electron chi connectivity index (χ1n) is 8.81. The number of fused-ring (bicyclic) bond motifs is 1. The number of hydrogen-bond donors (Lipinski definition) is 1. The van der Waals surface area contributed by atoms with E-state index >= 15 is 0 Å². The van der Waals surface area contributed by atoms with Crippen LogP contribution < -0.4 is 5.56 Å². The maximum atomic E-state index is 12.6. The zero-order chi connectivity index (χ0) is 20.6. The highest BCUT2D eigenvalue weighted by atomic mass is 16.5. The summed E-state index contributed by atoms with van der Waals surface area (Å²) < 4.78 is 11.8. The molecule has 0 fully saturated rings. The molecule has 146 valence electrons. The molecule has 1 aliphatic rings. The Kier molecular flexibility index (Phi) is 4.96. The predicted molar refractivity (Wildman–Crippen MR) is 100 cm³/mol. The van der Waals surface area contributed by atoms with Gasteiger partial charge in [0.1, 0.15) is 0 Å². The number of ether oxygens (including phenoxy) is 1. The Hall–Kier alpha value is -3.18. The molecule has 2 aromatic rings. The summed E-state index contributed by atoms with van der Waals surface area (Å²) in [5.41, 5.74) is 0.606. The van der Waals surface area contributed by atoms with Gasteiger partial charge in [0.2, 0.25) is 11.5 Å². The molecule has 0 spiro atoms. The number of aromatic nitrogens is 3. The highest BCUT2D eigenvalue weighted by molar-refractivity contribution is 6.19. The van der Waals surface area contributed by atoms with Crippen LogP contribution in [0.25, 0.3) is 5.57 Å². The van der Waals surface area contributed by atoms with Gasteiger partial charge in [-0.3, -0.25) is 4.79 Å². The number of pyridine rings is 1. The number of aliphatic hydroxyl groups is 1. The molecule has 0 unspecified atom stereocenters. The summed E-state index contributed by atoms with van der Waals surface area (Å²) in [6, 6.07) is 0. The fraction of sp³-hybridized carbons (Fsp3) is 0.400. The summed E-state index contributed by atoms with van der Waals surface area (Å²) in [6.07, 6.45) is 1.89. The monoisotopic (exact) mass is 383 g/mol. The Morgan fingerprint density at radius 1 is 1.43 bits per heavy atom. The lowest BCUT2D eigenvalue weighted by Gasteiger charge is -2.12. The number of aryl methyl sites for hydroxylation is 2. The molecular weight excluding hydrogens is 362 g/mol. The standard InChI is InChI=1S/C20H21N3O5/c1-6-27-18(25)15-11(2)9-14-16(15)13(10-23(5)17(14)24)7-8-20(4,26)19-22-21-12(3)28-19/h10,26H,6,9H2,1-5H3/t20-/m1/s1. The average molecular weight is 383 g/mol. The second kappa shape index (κ2) is 7.09. The number of carbonyl (C=O) groups excluding carboxylic acids is 1. The number of carbonyl (C=O) groups is 1. The van der Waals surface area contributed by atoms with E-state index in [-0.39, 0.29) is 18.1 Å². The summed E-state index contributed by atoms with van der Waals surface area (Å²) in [5, 5.41) is 18.1. The minimum Gasteiger partial charge on any atom is -0.462 e. The molecule has 1 atom stereocenters. The zero-order valence-electron chi connectivity index (χ0n) is 16.4. The predicted octanol–water partition coefficient (Wildman–Crippen LogP) is 1.23. The average Bonchev–Trinajstić information content (AvgIpc) is 3.21. The quantitative estimate of drug-likeness (QED) is 0.627. The van der Waals surface area contributed by atoms with Crippen LogP contribution in [0.4, 0.5) is 0 Å². The van der Waals surface area contributed by atoms with Gasteiger partial charge in [0.25, 0.3) is 11.4 Å². The minimum atomic E-state index is -1.69. The maximum absolute atomic E-state index is 12.6. The van der Waals surface area contributed by atoms with Crippen molar-refractivity contribution in [2.24, 2.45) is 7.05 Å². The van der Waals surface area contributed by atoms with Crippen molar-refractivity contribution < 1.29 is 19.1 Å². The van der Waals surface area contributed by atoms with Gasteiger partial charge in [-0.05, 0) is 20.8 Å². The van der Waals surface area contributed by atoms with Gasteiger partial charge in [0.05, 0.1) is 12.2 Å². The van der Waals surface area contributed by atoms with Crippen LogP contribution in [0.15, 0.2) is 21.0 Å². The Labute approximate surface area is 161 Å². The zero-order valence-corrected chi connectivity index (χ0v) is 16.4. The Balaban J connectivity index is 2.15. The van der Waals surface area contributed by atoms with Crippen molar-refractivity contribution in [2.45, 2.75) is 39.7 Å². The van der Waals surface area contributed by atoms with Crippen LogP contribution in [0, 0.1) is 18.8 Å². The third kappa shape index (κ3) is 3.37. The summed E-state index contributed by atoms with van der Waals surface area (Å²) in [4.78, 5) is 25.0. The van der Waals surface area contributed by atoms with Crippen LogP contribution in [0.2, 0.25) is 0 Å². The SMILES string of the molecule is CCOC(=O)C1=C(C)Cc2c1c(C#C[C@@](C)(O)c1nnc(C)o1)cn(C)c2=O. The highest BCUT2D eigenvalue weighted by Gasteiger charge is 2.31. The molecule has 8 heteroatoms. The van der Waals surface area contributed by atoms with Gasteiger partial charge in [0.15, 0.2) is 0 Å². The third-order valence-electron chi connectivity index (χ3n) is 4.45. The van der Waals surface area contributed by atoms with E-state index in [0.29, 0.717) is 34.6 Å².